The van der Waals surface area contributed by atoms with Crippen LogP contribution in [0.5, 0.6) is 11.5 Å². The summed E-state index contributed by atoms with van der Waals surface area (Å²) in [5.74, 6) is -0.108. The number of amides is 1. The van der Waals surface area contributed by atoms with E-state index in [4.69, 9.17) is 9.94 Å². The molecule has 6 heteroatoms. The fourth-order valence-corrected chi connectivity index (χ4v) is 2.39. The average Bonchev–Trinajstić information content (AvgIpc) is 2.46. The molecule has 1 aliphatic heterocycles. The number of piperidine rings is 1. The number of likely N-dealkylation sites (tertiary alicyclic amines) is 1. The summed E-state index contributed by atoms with van der Waals surface area (Å²) in [6.45, 7) is 2.84. The third-order valence-corrected chi connectivity index (χ3v) is 3.57. The summed E-state index contributed by atoms with van der Waals surface area (Å²) in [6, 6.07) is 4.84. The molecule has 6 nitrogen and oxygen atoms in total. The van der Waals surface area contributed by atoms with E-state index in [-0.39, 0.29) is 28.9 Å². The van der Waals surface area contributed by atoms with Gasteiger partial charge in [-0.1, -0.05) is 18.1 Å². The molecule has 0 aliphatic carbocycles. The van der Waals surface area contributed by atoms with Crippen LogP contribution < -0.4 is 4.74 Å². The molecule has 1 amide bonds. The van der Waals surface area contributed by atoms with Crippen LogP contribution in [0, 0.1) is 5.92 Å². The van der Waals surface area contributed by atoms with Gasteiger partial charge in [0.05, 0.1) is 18.4 Å². The fraction of sp³-hybridized carbons (Fsp3) is 0.429. The Bertz CT molecular complexity index is 542. The predicted octanol–water partition coefficient (Wildman–Crippen LogP) is 1.71. The van der Waals surface area contributed by atoms with Crippen LogP contribution in [0.1, 0.15) is 23.7 Å². The van der Waals surface area contributed by atoms with Gasteiger partial charge in [0.2, 0.25) is 0 Å². The molecule has 108 valence electrons. The highest BCUT2D eigenvalue weighted by atomic mass is 16.5. The maximum absolute atomic E-state index is 12.4. The number of benzene rings is 1. The third-order valence-electron chi connectivity index (χ3n) is 3.57. The van der Waals surface area contributed by atoms with Gasteiger partial charge in [-0.2, -0.15) is 0 Å². The van der Waals surface area contributed by atoms with Crippen molar-refractivity contribution in [2.75, 3.05) is 20.2 Å². The summed E-state index contributed by atoms with van der Waals surface area (Å²) in [5, 5.41) is 22.1. The number of phenols is 1. The highest BCUT2D eigenvalue weighted by molar-refractivity contribution is 5.99. The van der Waals surface area contributed by atoms with Crippen molar-refractivity contribution >= 4 is 11.6 Å². The second-order valence-electron chi connectivity index (χ2n) is 4.85. The molecule has 1 atom stereocenters. The zero-order valence-electron chi connectivity index (χ0n) is 11.5. The number of carbonyl (C=O) groups excluding carboxylic acids is 1. The zero-order valence-corrected chi connectivity index (χ0v) is 11.5. The second-order valence-corrected chi connectivity index (χ2v) is 4.85. The van der Waals surface area contributed by atoms with Crippen molar-refractivity contribution in [3.05, 3.63) is 23.8 Å². The van der Waals surface area contributed by atoms with Crippen LogP contribution in [0.25, 0.3) is 0 Å². The van der Waals surface area contributed by atoms with Crippen LogP contribution >= 0.6 is 0 Å². The smallest absolute Gasteiger partial charge is 0.257 e. The van der Waals surface area contributed by atoms with Crippen LogP contribution in [0.15, 0.2) is 23.4 Å². The van der Waals surface area contributed by atoms with E-state index in [1.54, 1.807) is 23.1 Å². The quantitative estimate of drug-likeness (QED) is 0.637. The van der Waals surface area contributed by atoms with E-state index in [0.29, 0.717) is 25.2 Å². The molecule has 1 aromatic rings. The van der Waals surface area contributed by atoms with Gasteiger partial charge in [-0.15, -0.1) is 0 Å². The van der Waals surface area contributed by atoms with Crippen molar-refractivity contribution in [1.82, 2.24) is 4.90 Å². The van der Waals surface area contributed by atoms with Crippen molar-refractivity contribution < 1.29 is 19.8 Å². The summed E-state index contributed by atoms with van der Waals surface area (Å²) in [7, 11) is 1.44. The molecule has 1 heterocycles. The molecular weight excluding hydrogens is 260 g/mol. The van der Waals surface area contributed by atoms with Crippen molar-refractivity contribution in [2.24, 2.45) is 11.1 Å². The maximum atomic E-state index is 12.4. The van der Waals surface area contributed by atoms with Gasteiger partial charge in [-0.25, -0.2) is 0 Å². The van der Waals surface area contributed by atoms with E-state index in [1.807, 2.05) is 6.92 Å². The normalized spacial score (nSPS) is 21.0. The van der Waals surface area contributed by atoms with Crippen molar-refractivity contribution in [1.29, 1.82) is 0 Å². The van der Waals surface area contributed by atoms with Crippen molar-refractivity contribution in [3.8, 4) is 11.5 Å². The highest BCUT2D eigenvalue weighted by Crippen LogP contribution is 2.31. The molecule has 1 fully saturated rings. The Morgan fingerprint density at radius 3 is 2.85 bits per heavy atom. The van der Waals surface area contributed by atoms with Crippen LogP contribution in [0.2, 0.25) is 0 Å². The first-order valence-corrected chi connectivity index (χ1v) is 6.44. The van der Waals surface area contributed by atoms with Gasteiger partial charge in [-0.3, -0.25) is 4.79 Å². The molecule has 1 unspecified atom stereocenters. The van der Waals surface area contributed by atoms with Crippen molar-refractivity contribution in [2.45, 2.75) is 13.3 Å². The van der Waals surface area contributed by atoms with Gasteiger partial charge >= 0.3 is 0 Å². The molecule has 20 heavy (non-hydrogen) atoms. The second kappa shape index (κ2) is 5.81. The van der Waals surface area contributed by atoms with Gasteiger partial charge in [0.15, 0.2) is 11.5 Å². The first-order chi connectivity index (χ1) is 9.58. The Kier molecular flexibility index (Phi) is 4.12. The predicted molar refractivity (Wildman–Crippen MR) is 73.6 cm³/mol. The number of ether oxygens (including phenoxy) is 1. The van der Waals surface area contributed by atoms with Crippen LogP contribution in [0.4, 0.5) is 0 Å². The standard InChI is InChI=1S/C14H18N2O4/c1-9-8-16(7-6-11(9)15-19)14(18)10-4-3-5-12(20-2)13(10)17/h3-5,9,17,19H,6-8H2,1-2H3/b15-11-. The van der Waals surface area contributed by atoms with E-state index in [0.717, 1.165) is 0 Å². The topological polar surface area (TPSA) is 82.4 Å². The van der Waals surface area contributed by atoms with Crippen LogP contribution in [-0.2, 0) is 0 Å². The molecule has 1 aliphatic rings. The molecular formula is C14H18N2O4. The minimum atomic E-state index is -0.245. The lowest BCUT2D eigenvalue weighted by molar-refractivity contribution is 0.0730. The number of hydrogen-bond donors (Lipinski definition) is 2. The molecule has 0 saturated carbocycles. The Morgan fingerprint density at radius 1 is 1.50 bits per heavy atom. The molecule has 0 aromatic heterocycles. The van der Waals surface area contributed by atoms with E-state index >= 15 is 0 Å². The number of nitrogens with zero attached hydrogens (tertiary/aromatic N) is 2. The van der Waals surface area contributed by atoms with Gasteiger partial charge in [0.1, 0.15) is 0 Å². The lowest BCUT2D eigenvalue weighted by atomic mass is 9.97. The van der Waals surface area contributed by atoms with E-state index in [1.165, 1.54) is 7.11 Å². The van der Waals surface area contributed by atoms with Gasteiger partial charge in [-0.05, 0) is 12.1 Å². The molecule has 2 N–H and O–H groups in total. The van der Waals surface area contributed by atoms with Crippen LogP contribution in [-0.4, -0.2) is 47.0 Å². The number of carbonyl (C=O) groups is 1. The van der Waals surface area contributed by atoms with E-state index < -0.39 is 0 Å². The molecule has 1 aromatic carbocycles. The summed E-state index contributed by atoms with van der Waals surface area (Å²) >= 11 is 0. The van der Waals surface area contributed by atoms with Gasteiger partial charge in [0.25, 0.3) is 5.91 Å². The Labute approximate surface area is 117 Å². The molecule has 0 bridgehead atoms. The molecule has 0 spiro atoms. The lowest BCUT2D eigenvalue weighted by Gasteiger charge is -2.31. The Morgan fingerprint density at radius 2 is 2.25 bits per heavy atom. The number of methoxy groups -OCH3 is 1. The number of oxime groups is 1. The molecule has 1 saturated heterocycles. The number of aromatic hydroxyl groups is 1. The average molecular weight is 278 g/mol. The number of para-hydroxylation sites is 1. The lowest BCUT2D eigenvalue weighted by Crippen LogP contribution is -2.43. The molecule has 2 rings (SSSR count). The van der Waals surface area contributed by atoms with E-state index in [2.05, 4.69) is 5.16 Å². The highest BCUT2D eigenvalue weighted by Gasteiger charge is 2.28. The third kappa shape index (κ3) is 2.54. The molecule has 0 radical (unpaired) electrons. The fourth-order valence-electron chi connectivity index (χ4n) is 2.39. The summed E-state index contributed by atoms with van der Waals surface area (Å²) < 4.78 is 5.01. The van der Waals surface area contributed by atoms with Gasteiger partial charge < -0.3 is 20.0 Å². The minimum absolute atomic E-state index is 0.00505. The van der Waals surface area contributed by atoms with Crippen molar-refractivity contribution in [3.63, 3.8) is 0 Å². The van der Waals surface area contributed by atoms with Crippen LogP contribution in [0.3, 0.4) is 0 Å². The Hall–Kier alpha value is -2.24. The zero-order chi connectivity index (χ0) is 14.7. The first-order valence-electron chi connectivity index (χ1n) is 6.44. The maximum Gasteiger partial charge on any atom is 0.257 e. The summed E-state index contributed by atoms with van der Waals surface area (Å²) in [4.78, 5) is 14.1. The minimum Gasteiger partial charge on any atom is -0.504 e. The summed E-state index contributed by atoms with van der Waals surface area (Å²) in [6.07, 6.45) is 0.536. The number of hydrogen-bond acceptors (Lipinski definition) is 5. The Balaban J connectivity index is 2.21. The number of rotatable bonds is 2. The number of phenolic OH excluding ortho intramolecular Hbond substituents is 1. The summed E-state index contributed by atoms with van der Waals surface area (Å²) in [5.41, 5.74) is 0.921. The SMILES string of the molecule is COc1cccc(C(=O)N2CC/C(=N/O)C(C)C2)c1O. The van der Waals surface area contributed by atoms with E-state index in [9.17, 15) is 9.90 Å². The van der Waals surface area contributed by atoms with Gasteiger partial charge in [0, 0.05) is 25.4 Å². The largest absolute Gasteiger partial charge is 0.504 e. The monoisotopic (exact) mass is 278 g/mol. The first kappa shape index (κ1) is 14.2.